The van der Waals surface area contributed by atoms with E-state index in [1.165, 1.54) is 11.5 Å². The van der Waals surface area contributed by atoms with Crippen molar-refractivity contribution in [3.8, 4) is 5.75 Å². The van der Waals surface area contributed by atoms with Crippen molar-refractivity contribution in [1.82, 2.24) is 14.8 Å². The molecule has 6 nitrogen and oxygen atoms in total. The van der Waals surface area contributed by atoms with Gasteiger partial charge in [-0.2, -0.15) is 0 Å². The molecule has 7 heteroatoms. The maximum absolute atomic E-state index is 5.55. The van der Waals surface area contributed by atoms with E-state index in [1.54, 1.807) is 0 Å². The zero-order valence-electron chi connectivity index (χ0n) is 9.74. The van der Waals surface area contributed by atoms with Crippen molar-refractivity contribution in [3.05, 3.63) is 24.3 Å². The fourth-order valence-corrected chi connectivity index (χ4v) is 1.69. The van der Waals surface area contributed by atoms with Crippen LogP contribution in [0.5, 0.6) is 5.75 Å². The number of aromatic nitrogens is 3. The van der Waals surface area contributed by atoms with Gasteiger partial charge in [-0.05, 0) is 36.2 Å². The summed E-state index contributed by atoms with van der Waals surface area (Å²) in [4.78, 5) is 3.77. The lowest BCUT2D eigenvalue weighted by molar-refractivity contribution is 0.314. The number of hydrogen-bond donors (Lipinski definition) is 1. The Kier molecular flexibility index (Phi) is 4.60. The monoisotopic (exact) mass is 263 g/mol. The van der Waals surface area contributed by atoms with Crippen molar-refractivity contribution in [2.24, 2.45) is 4.99 Å². The molecule has 0 radical (unpaired) electrons. The molecule has 2 rings (SSSR count). The summed E-state index contributed by atoms with van der Waals surface area (Å²) < 4.78 is 9.22. The molecule has 1 N–H and O–H groups in total. The Morgan fingerprint density at radius 2 is 2.17 bits per heavy atom. The lowest BCUT2D eigenvalue weighted by atomic mass is 10.3. The lowest BCUT2D eigenvalue weighted by Crippen LogP contribution is -1.99. The Bertz CT molecular complexity index is 471. The van der Waals surface area contributed by atoms with Crippen LogP contribution < -0.4 is 10.1 Å². The van der Waals surface area contributed by atoms with Crippen LogP contribution in [0.15, 0.2) is 29.3 Å². The van der Waals surface area contributed by atoms with Crippen molar-refractivity contribution >= 4 is 29.1 Å². The molecule has 1 aromatic heterocycles. The number of rotatable bonds is 7. The summed E-state index contributed by atoms with van der Waals surface area (Å²) in [5.74, 6) is 0.833. The highest BCUT2D eigenvalue weighted by atomic mass is 32.1. The second kappa shape index (κ2) is 6.65. The van der Waals surface area contributed by atoms with Crippen LogP contribution in [0.1, 0.15) is 6.42 Å². The van der Waals surface area contributed by atoms with Crippen LogP contribution in [0.3, 0.4) is 0 Å². The summed E-state index contributed by atoms with van der Waals surface area (Å²) in [6.45, 7) is 4.79. The predicted molar refractivity (Wildman–Crippen MR) is 72.0 cm³/mol. The van der Waals surface area contributed by atoms with Gasteiger partial charge < -0.3 is 15.0 Å². The van der Waals surface area contributed by atoms with Crippen LogP contribution in [-0.2, 0) is 0 Å². The fraction of sp³-hybridized carbons (Fsp3) is 0.273. The Labute approximate surface area is 109 Å². The number of aliphatic imine (C=N–C) groups is 1. The van der Waals surface area contributed by atoms with Gasteiger partial charge in [0, 0.05) is 30.2 Å². The van der Waals surface area contributed by atoms with Gasteiger partial charge in [-0.3, -0.25) is 0 Å². The molecule has 0 aliphatic heterocycles. The van der Waals surface area contributed by atoms with Gasteiger partial charge in [0.1, 0.15) is 5.75 Å². The van der Waals surface area contributed by atoms with Gasteiger partial charge in [0.2, 0.25) is 5.13 Å². The van der Waals surface area contributed by atoms with Gasteiger partial charge in [-0.15, -0.1) is 0 Å². The predicted octanol–water partition coefficient (Wildman–Crippen LogP) is 2.15. The van der Waals surface area contributed by atoms with Crippen LogP contribution in [-0.4, -0.2) is 34.7 Å². The van der Waals surface area contributed by atoms with Gasteiger partial charge in [0.05, 0.1) is 6.61 Å². The number of hydrogen-bond acceptors (Lipinski definition) is 7. The Morgan fingerprint density at radius 1 is 1.33 bits per heavy atom. The highest BCUT2D eigenvalue weighted by Crippen LogP contribution is 2.19. The van der Waals surface area contributed by atoms with E-state index in [9.17, 15) is 0 Å². The molecule has 0 spiro atoms. The minimum Gasteiger partial charge on any atom is -0.494 e. The topological polar surface area (TPSA) is 72.3 Å². The molecule has 94 valence electrons. The average molecular weight is 263 g/mol. The van der Waals surface area contributed by atoms with Crippen molar-refractivity contribution in [2.45, 2.75) is 6.42 Å². The molecule has 0 saturated carbocycles. The van der Waals surface area contributed by atoms with Crippen LogP contribution in [0.4, 0.5) is 10.8 Å². The van der Waals surface area contributed by atoms with E-state index in [-0.39, 0.29) is 0 Å². The highest BCUT2D eigenvalue weighted by molar-refractivity contribution is 7.09. The highest BCUT2D eigenvalue weighted by Gasteiger charge is 1.99. The number of ether oxygens (including phenoxy) is 1. The number of nitrogens with zero attached hydrogens (tertiary/aromatic N) is 4. The molecule has 0 aliphatic carbocycles. The minimum absolute atomic E-state index is 0.645. The smallest absolute Gasteiger partial charge is 0.229 e. The molecular formula is C11H13N5OS. The second-order valence-electron chi connectivity index (χ2n) is 3.47. The fourth-order valence-electron chi connectivity index (χ4n) is 1.31. The molecule has 0 aliphatic rings. The van der Waals surface area contributed by atoms with Gasteiger partial charge in [0.15, 0.2) is 0 Å². The molecule has 0 saturated heterocycles. The summed E-state index contributed by atoms with van der Waals surface area (Å²) >= 11 is 1.21. The van der Waals surface area contributed by atoms with E-state index < -0.39 is 0 Å². The number of anilines is 2. The molecule has 0 fully saturated rings. The Balaban J connectivity index is 1.83. The van der Waals surface area contributed by atoms with Gasteiger partial charge in [0.25, 0.3) is 0 Å². The summed E-state index contributed by atoms with van der Waals surface area (Å²) in [6.07, 6.45) is 0.875. The maximum atomic E-state index is 5.55. The minimum atomic E-state index is 0.645. The van der Waals surface area contributed by atoms with E-state index in [4.69, 9.17) is 4.74 Å². The van der Waals surface area contributed by atoms with Crippen LogP contribution in [0.2, 0.25) is 0 Å². The van der Waals surface area contributed by atoms with Crippen LogP contribution in [0.25, 0.3) is 0 Å². The van der Waals surface area contributed by atoms with Gasteiger partial charge in [-0.25, -0.2) is 0 Å². The Morgan fingerprint density at radius 3 is 2.83 bits per heavy atom. The second-order valence-corrected chi connectivity index (χ2v) is 4.20. The van der Waals surface area contributed by atoms with Gasteiger partial charge >= 0.3 is 0 Å². The molecule has 0 atom stereocenters. The first-order valence-electron chi connectivity index (χ1n) is 5.46. The normalized spacial score (nSPS) is 10.0. The van der Waals surface area contributed by atoms with E-state index >= 15 is 0 Å². The third-order valence-electron chi connectivity index (χ3n) is 2.13. The molecule has 1 aromatic carbocycles. The molecule has 0 unspecified atom stereocenters. The molecule has 2 aromatic rings. The standard InChI is InChI=1S/C11H13N5OS/c1-12-7-2-8-17-10-5-3-9(4-6-10)13-11-14-15-16-18-11/h3-6H,1-2,7-8H2,(H,13,14,16). The van der Waals surface area contributed by atoms with Crippen molar-refractivity contribution in [2.75, 3.05) is 18.5 Å². The number of nitrogens with one attached hydrogen (secondary N) is 1. The quantitative estimate of drug-likeness (QED) is 0.612. The first-order valence-corrected chi connectivity index (χ1v) is 6.23. The van der Waals surface area contributed by atoms with Crippen molar-refractivity contribution < 1.29 is 4.74 Å². The van der Waals surface area contributed by atoms with E-state index in [1.807, 2.05) is 24.3 Å². The third-order valence-corrected chi connectivity index (χ3v) is 2.65. The first-order chi connectivity index (χ1) is 8.88. The number of benzene rings is 1. The molecule has 1 heterocycles. The van der Waals surface area contributed by atoms with E-state index in [0.717, 1.165) is 24.4 Å². The summed E-state index contributed by atoms with van der Waals surface area (Å²) in [5, 5.41) is 11.1. The SMILES string of the molecule is C=NCCCOc1ccc(Nc2nnns2)cc1. The van der Waals surface area contributed by atoms with E-state index in [0.29, 0.717) is 11.7 Å². The third kappa shape index (κ3) is 3.77. The lowest BCUT2D eigenvalue weighted by Gasteiger charge is -2.06. The van der Waals surface area contributed by atoms with Crippen LogP contribution >= 0.6 is 11.5 Å². The van der Waals surface area contributed by atoms with Crippen molar-refractivity contribution in [3.63, 3.8) is 0 Å². The molecular weight excluding hydrogens is 250 g/mol. The maximum Gasteiger partial charge on any atom is 0.229 e. The summed E-state index contributed by atoms with van der Waals surface area (Å²) in [5.41, 5.74) is 0.925. The zero-order chi connectivity index (χ0) is 12.6. The first kappa shape index (κ1) is 12.4. The summed E-state index contributed by atoms with van der Waals surface area (Å²) in [7, 11) is 0. The van der Waals surface area contributed by atoms with Gasteiger partial charge in [-0.1, -0.05) is 9.59 Å². The molecule has 0 bridgehead atoms. The average Bonchev–Trinajstić information content (AvgIpc) is 2.89. The van der Waals surface area contributed by atoms with E-state index in [2.05, 4.69) is 31.8 Å². The Hall–Kier alpha value is -2.02. The van der Waals surface area contributed by atoms with Crippen LogP contribution in [0, 0.1) is 0 Å². The van der Waals surface area contributed by atoms with Crippen molar-refractivity contribution in [1.29, 1.82) is 0 Å². The zero-order valence-corrected chi connectivity index (χ0v) is 10.6. The summed E-state index contributed by atoms with van der Waals surface area (Å²) in [6, 6.07) is 7.64. The molecule has 18 heavy (non-hydrogen) atoms. The largest absolute Gasteiger partial charge is 0.494 e. The molecule has 0 amide bonds.